The number of ether oxygens (including phenoxy) is 1. The lowest BCUT2D eigenvalue weighted by Crippen LogP contribution is -2.37. The Balaban J connectivity index is 2.21. The molecule has 94 valence electrons. The average Bonchev–Trinajstić information content (AvgIpc) is 2.79. The molecule has 2 atom stereocenters. The molecule has 0 aliphatic carbocycles. The fourth-order valence-electron chi connectivity index (χ4n) is 2.05. The van der Waals surface area contributed by atoms with Gasteiger partial charge in [0, 0.05) is 19.0 Å². The van der Waals surface area contributed by atoms with Gasteiger partial charge in [0.1, 0.15) is 6.10 Å². The topological polar surface area (TPSA) is 38.3 Å². The van der Waals surface area contributed by atoms with Crippen molar-refractivity contribution in [3.63, 3.8) is 0 Å². The third-order valence-electron chi connectivity index (χ3n) is 3.00. The minimum Gasteiger partial charge on any atom is -0.368 e. The van der Waals surface area contributed by atoms with Crippen LogP contribution in [0.4, 0.5) is 0 Å². The minimum atomic E-state index is -0.210. The van der Waals surface area contributed by atoms with Crippen molar-refractivity contribution in [2.75, 3.05) is 19.0 Å². The lowest BCUT2D eigenvalue weighted by Gasteiger charge is -2.17. The van der Waals surface area contributed by atoms with Crippen LogP contribution >= 0.6 is 11.6 Å². The number of carbonyl (C=O) groups excluding carboxylic acids is 1. The monoisotopic (exact) mass is 247 g/mol. The molecule has 0 spiro atoms. The van der Waals surface area contributed by atoms with Crippen LogP contribution in [0.1, 0.15) is 39.0 Å². The molecular weight excluding hydrogens is 226 g/mol. The summed E-state index contributed by atoms with van der Waals surface area (Å²) in [5, 5.41) is 2.97. The normalized spacial score (nSPS) is 22.0. The van der Waals surface area contributed by atoms with Gasteiger partial charge in [0.15, 0.2) is 0 Å². The van der Waals surface area contributed by atoms with E-state index in [1.165, 1.54) is 0 Å². The molecule has 1 rings (SSSR count). The zero-order valence-corrected chi connectivity index (χ0v) is 10.8. The van der Waals surface area contributed by atoms with Gasteiger partial charge in [-0.05, 0) is 31.6 Å². The fraction of sp³-hybridized carbons (Fsp3) is 0.917. The van der Waals surface area contributed by atoms with Crippen LogP contribution in [0.5, 0.6) is 0 Å². The van der Waals surface area contributed by atoms with Crippen molar-refractivity contribution in [1.29, 1.82) is 0 Å². The quantitative estimate of drug-likeness (QED) is 0.702. The molecule has 1 aliphatic heterocycles. The summed E-state index contributed by atoms with van der Waals surface area (Å²) in [6, 6.07) is 0. The van der Waals surface area contributed by atoms with E-state index in [0.29, 0.717) is 11.8 Å². The zero-order valence-electron chi connectivity index (χ0n) is 10.0. The number of hydrogen-bond acceptors (Lipinski definition) is 2. The number of amides is 1. The van der Waals surface area contributed by atoms with Gasteiger partial charge in [-0.2, -0.15) is 0 Å². The number of hydrogen-bond donors (Lipinski definition) is 1. The first-order valence-electron chi connectivity index (χ1n) is 6.23. The molecule has 0 bridgehead atoms. The van der Waals surface area contributed by atoms with Crippen molar-refractivity contribution < 1.29 is 9.53 Å². The van der Waals surface area contributed by atoms with Crippen molar-refractivity contribution in [3.05, 3.63) is 0 Å². The van der Waals surface area contributed by atoms with E-state index in [1.807, 2.05) is 0 Å². The van der Waals surface area contributed by atoms with Gasteiger partial charge in [-0.3, -0.25) is 4.79 Å². The smallest absolute Gasteiger partial charge is 0.249 e. The van der Waals surface area contributed by atoms with Gasteiger partial charge in [0.2, 0.25) is 5.91 Å². The second kappa shape index (κ2) is 7.91. The van der Waals surface area contributed by atoms with Crippen LogP contribution in [-0.2, 0) is 9.53 Å². The van der Waals surface area contributed by atoms with E-state index < -0.39 is 0 Å². The minimum absolute atomic E-state index is 0.0492. The van der Waals surface area contributed by atoms with E-state index in [1.54, 1.807) is 0 Å². The first-order chi connectivity index (χ1) is 7.77. The first kappa shape index (κ1) is 13.8. The van der Waals surface area contributed by atoms with E-state index in [4.69, 9.17) is 16.3 Å². The molecule has 4 heteroatoms. The third kappa shape index (κ3) is 4.71. The largest absolute Gasteiger partial charge is 0.368 e. The lowest BCUT2D eigenvalue weighted by molar-refractivity contribution is -0.130. The van der Waals surface area contributed by atoms with Crippen LogP contribution < -0.4 is 5.32 Å². The Labute approximate surface area is 103 Å². The highest BCUT2D eigenvalue weighted by Crippen LogP contribution is 2.14. The third-order valence-corrected chi connectivity index (χ3v) is 3.22. The van der Waals surface area contributed by atoms with Crippen molar-refractivity contribution >= 4 is 17.5 Å². The standard InChI is InChI=1S/C12H22ClNO2/c1-2-4-10(6-7-13)9-14-12(15)11-5-3-8-16-11/h10-11H,2-9H2,1H3,(H,14,15). The summed E-state index contributed by atoms with van der Waals surface area (Å²) in [6.45, 7) is 3.61. The highest BCUT2D eigenvalue weighted by molar-refractivity contribution is 6.17. The maximum Gasteiger partial charge on any atom is 0.249 e. The number of rotatable bonds is 7. The molecule has 1 heterocycles. The molecule has 1 aliphatic rings. The summed E-state index contributed by atoms with van der Waals surface area (Å²) in [7, 11) is 0. The Kier molecular flexibility index (Phi) is 6.81. The van der Waals surface area contributed by atoms with Crippen molar-refractivity contribution in [2.24, 2.45) is 5.92 Å². The Morgan fingerprint density at radius 2 is 2.38 bits per heavy atom. The molecule has 0 radical (unpaired) electrons. The second-order valence-corrected chi connectivity index (χ2v) is 4.76. The van der Waals surface area contributed by atoms with Gasteiger partial charge in [-0.25, -0.2) is 0 Å². The number of nitrogens with one attached hydrogen (secondary N) is 1. The SMILES string of the molecule is CCCC(CCCl)CNC(=O)C1CCCO1. The van der Waals surface area contributed by atoms with Gasteiger partial charge in [0.25, 0.3) is 0 Å². The van der Waals surface area contributed by atoms with E-state index in [0.717, 1.165) is 45.3 Å². The summed E-state index contributed by atoms with van der Waals surface area (Å²) in [4.78, 5) is 11.7. The summed E-state index contributed by atoms with van der Waals surface area (Å²) in [5.41, 5.74) is 0. The first-order valence-corrected chi connectivity index (χ1v) is 6.76. The summed E-state index contributed by atoms with van der Waals surface area (Å²) >= 11 is 5.74. The molecule has 1 saturated heterocycles. The molecule has 3 nitrogen and oxygen atoms in total. The van der Waals surface area contributed by atoms with Gasteiger partial charge in [-0.1, -0.05) is 13.3 Å². The summed E-state index contributed by atoms with van der Waals surface area (Å²) in [5.74, 6) is 1.22. The zero-order chi connectivity index (χ0) is 11.8. The Morgan fingerprint density at radius 1 is 1.56 bits per heavy atom. The molecule has 1 fully saturated rings. The Hall–Kier alpha value is -0.280. The van der Waals surface area contributed by atoms with E-state index in [2.05, 4.69) is 12.2 Å². The Morgan fingerprint density at radius 3 is 2.94 bits per heavy atom. The lowest BCUT2D eigenvalue weighted by atomic mass is 10.0. The predicted molar refractivity (Wildman–Crippen MR) is 65.7 cm³/mol. The molecule has 16 heavy (non-hydrogen) atoms. The molecule has 1 N–H and O–H groups in total. The number of alkyl halides is 1. The molecular formula is C12H22ClNO2. The van der Waals surface area contributed by atoms with Gasteiger partial charge in [-0.15, -0.1) is 11.6 Å². The van der Waals surface area contributed by atoms with E-state index in [-0.39, 0.29) is 12.0 Å². The Bertz CT molecular complexity index is 199. The molecule has 1 amide bonds. The number of carbonyl (C=O) groups is 1. The highest BCUT2D eigenvalue weighted by atomic mass is 35.5. The fourth-order valence-corrected chi connectivity index (χ4v) is 2.36. The maximum atomic E-state index is 11.7. The van der Waals surface area contributed by atoms with Gasteiger partial charge >= 0.3 is 0 Å². The van der Waals surface area contributed by atoms with E-state index >= 15 is 0 Å². The van der Waals surface area contributed by atoms with Gasteiger partial charge in [0.05, 0.1) is 0 Å². The molecule has 0 aromatic carbocycles. The van der Waals surface area contributed by atoms with Crippen LogP contribution in [0.3, 0.4) is 0 Å². The highest BCUT2D eigenvalue weighted by Gasteiger charge is 2.23. The van der Waals surface area contributed by atoms with Crippen molar-refractivity contribution in [3.8, 4) is 0 Å². The van der Waals surface area contributed by atoms with Gasteiger partial charge < -0.3 is 10.1 Å². The maximum absolute atomic E-state index is 11.7. The molecule has 0 saturated carbocycles. The average molecular weight is 248 g/mol. The number of halogens is 1. The van der Waals surface area contributed by atoms with Crippen molar-refractivity contribution in [2.45, 2.75) is 45.1 Å². The van der Waals surface area contributed by atoms with Crippen LogP contribution in [0.2, 0.25) is 0 Å². The second-order valence-electron chi connectivity index (χ2n) is 4.38. The van der Waals surface area contributed by atoms with E-state index in [9.17, 15) is 4.79 Å². The van der Waals surface area contributed by atoms with Crippen molar-refractivity contribution in [1.82, 2.24) is 5.32 Å². The van der Waals surface area contributed by atoms with Crippen LogP contribution in [-0.4, -0.2) is 31.0 Å². The summed E-state index contributed by atoms with van der Waals surface area (Å²) < 4.78 is 5.33. The van der Waals surface area contributed by atoms with Crippen LogP contribution in [0.15, 0.2) is 0 Å². The predicted octanol–water partition coefficient (Wildman–Crippen LogP) is 2.33. The molecule has 0 aromatic heterocycles. The van der Waals surface area contributed by atoms with Crippen LogP contribution in [0, 0.1) is 5.92 Å². The molecule has 2 unspecified atom stereocenters. The molecule has 0 aromatic rings. The van der Waals surface area contributed by atoms with Crippen LogP contribution in [0.25, 0.3) is 0 Å². The summed E-state index contributed by atoms with van der Waals surface area (Å²) in [6.07, 6.45) is 4.88.